The van der Waals surface area contributed by atoms with Gasteiger partial charge >= 0.3 is 0 Å². The molecule has 1 saturated carbocycles. The van der Waals surface area contributed by atoms with Crippen LogP contribution in [0.4, 0.5) is 0 Å². The molecule has 2 atom stereocenters. The lowest BCUT2D eigenvalue weighted by Gasteiger charge is -2.30. The molecule has 1 amide bonds. The van der Waals surface area contributed by atoms with Gasteiger partial charge < -0.3 is 5.32 Å². The number of carbonyl (C=O) groups is 1. The zero-order valence-electron chi connectivity index (χ0n) is 13.9. The minimum Gasteiger partial charge on any atom is -0.353 e. The Labute approximate surface area is 137 Å². The second kappa shape index (κ2) is 6.99. The van der Waals surface area contributed by atoms with Gasteiger partial charge in [0.25, 0.3) is 0 Å². The smallest absolute Gasteiger partial charge is 0.224 e. The summed E-state index contributed by atoms with van der Waals surface area (Å²) in [6.45, 7) is 3.91. The van der Waals surface area contributed by atoms with Crippen LogP contribution in [0.15, 0.2) is 30.3 Å². The fraction of sp³-hybridized carbons (Fsp3) is 0.474. The van der Waals surface area contributed by atoms with E-state index in [0.29, 0.717) is 12.3 Å². The predicted octanol–water partition coefficient (Wildman–Crippen LogP) is 3.41. The summed E-state index contributed by atoms with van der Waals surface area (Å²) in [6.07, 6.45) is 4.93. The normalized spacial score (nSPS) is 21.1. The van der Waals surface area contributed by atoms with Crippen LogP contribution in [-0.4, -0.2) is 22.1 Å². The number of nitrogens with one attached hydrogen (secondary N) is 2. The largest absolute Gasteiger partial charge is 0.353 e. The summed E-state index contributed by atoms with van der Waals surface area (Å²) in [5.41, 5.74) is 4.33. The minimum atomic E-state index is 0.108. The molecule has 0 radical (unpaired) electrons. The van der Waals surface area contributed by atoms with E-state index >= 15 is 0 Å². The summed E-state index contributed by atoms with van der Waals surface area (Å²) in [5, 5.41) is 10.3. The molecule has 0 bridgehead atoms. The predicted molar refractivity (Wildman–Crippen MR) is 91.3 cm³/mol. The minimum absolute atomic E-state index is 0.108. The highest BCUT2D eigenvalue weighted by molar-refractivity contribution is 5.79. The number of hydrogen-bond acceptors (Lipinski definition) is 2. The van der Waals surface area contributed by atoms with Gasteiger partial charge in [0, 0.05) is 17.3 Å². The van der Waals surface area contributed by atoms with Crippen molar-refractivity contribution >= 4 is 5.91 Å². The Morgan fingerprint density at radius 2 is 2.04 bits per heavy atom. The van der Waals surface area contributed by atoms with Crippen molar-refractivity contribution in [3.8, 4) is 0 Å². The van der Waals surface area contributed by atoms with E-state index in [1.807, 2.05) is 13.8 Å². The van der Waals surface area contributed by atoms with Crippen molar-refractivity contribution in [1.82, 2.24) is 15.5 Å². The maximum absolute atomic E-state index is 12.4. The average Bonchev–Trinajstić information content (AvgIpc) is 2.88. The molecular weight excluding hydrogens is 286 g/mol. The molecule has 0 spiro atoms. The molecule has 4 heteroatoms. The highest BCUT2D eigenvalue weighted by Gasteiger charge is 2.24. The molecule has 0 unspecified atom stereocenters. The van der Waals surface area contributed by atoms with Gasteiger partial charge in [-0.2, -0.15) is 5.10 Å². The third-order valence-corrected chi connectivity index (χ3v) is 4.93. The monoisotopic (exact) mass is 311 g/mol. The molecule has 0 aliphatic heterocycles. The fourth-order valence-corrected chi connectivity index (χ4v) is 3.62. The molecule has 2 N–H and O–H groups in total. The quantitative estimate of drug-likeness (QED) is 0.909. The van der Waals surface area contributed by atoms with Crippen molar-refractivity contribution in [2.75, 3.05) is 0 Å². The van der Waals surface area contributed by atoms with Gasteiger partial charge in [0.15, 0.2) is 0 Å². The van der Waals surface area contributed by atoms with Gasteiger partial charge in [-0.3, -0.25) is 9.89 Å². The summed E-state index contributed by atoms with van der Waals surface area (Å²) < 4.78 is 0. The van der Waals surface area contributed by atoms with Gasteiger partial charge in [0.1, 0.15) is 0 Å². The number of rotatable bonds is 4. The Morgan fingerprint density at radius 1 is 1.26 bits per heavy atom. The number of nitrogens with zero attached hydrogens (tertiary/aromatic N) is 1. The molecule has 1 aromatic heterocycles. The molecule has 1 aromatic carbocycles. The fourth-order valence-electron chi connectivity index (χ4n) is 3.62. The SMILES string of the molecule is Cc1n[nH]c(C)c1CC(=O)N[C@H]1CCC[C@@H](c2ccccc2)C1. The number of amides is 1. The third-order valence-electron chi connectivity index (χ3n) is 4.93. The number of carbonyl (C=O) groups excluding carboxylic acids is 1. The van der Waals surface area contributed by atoms with Crippen molar-refractivity contribution in [3.05, 3.63) is 52.8 Å². The Morgan fingerprint density at radius 3 is 2.74 bits per heavy atom. The molecule has 1 aliphatic rings. The lowest BCUT2D eigenvalue weighted by molar-refractivity contribution is -0.121. The second-order valence-electron chi connectivity index (χ2n) is 6.63. The summed E-state index contributed by atoms with van der Waals surface area (Å²) in [7, 11) is 0. The molecule has 1 heterocycles. The van der Waals surface area contributed by atoms with E-state index in [1.165, 1.54) is 18.4 Å². The molecule has 1 fully saturated rings. The van der Waals surface area contributed by atoms with Crippen molar-refractivity contribution in [2.45, 2.75) is 57.9 Å². The first-order valence-corrected chi connectivity index (χ1v) is 8.48. The maximum Gasteiger partial charge on any atom is 0.224 e. The summed E-state index contributed by atoms with van der Waals surface area (Å²) in [6, 6.07) is 10.9. The number of hydrogen-bond donors (Lipinski definition) is 2. The molecular formula is C19H25N3O. The Kier molecular flexibility index (Phi) is 4.79. The molecule has 4 nitrogen and oxygen atoms in total. The first-order valence-electron chi connectivity index (χ1n) is 8.48. The van der Waals surface area contributed by atoms with Crippen LogP contribution in [0, 0.1) is 13.8 Å². The summed E-state index contributed by atoms with van der Waals surface area (Å²) >= 11 is 0. The Bertz CT molecular complexity index is 643. The van der Waals surface area contributed by atoms with E-state index in [-0.39, 0.29) is 11.9 Å². The molecule has 3 rings (SSSR count). The lowest BCUT2D eigenvalue weighted by atomic mass is 9.81. The second-order valence-corrected chi connectivity index (χ2v) is 6.63. The summed E-state index contributed by atoms with van der Waals surface area (Å²) in [4.78, 5) is 12.4. The van der Waals surface area contributed by atoms with Crippen LogP contribution >= 0.6 is 0 Å². The van der Waals surface area contributed by atoms with Crippen LogP contribution in [0.25, 0.3) is 0 Å². The number of aromatic nitrogens is 2. The topological polar surface area (TPSA) is 57.8 Å². The average molecular weight is 311 g/mol. The van der Waals surface area contributed by atoms with Gasteiger partial charge in [-0.15, -0.1) is 0 Å². The van der Waals surface area contributed by atoms with Gasteiger partial charge in [-0.1, -0.05) is 36.8 Å². The lowest BCUT2D eigenvalue weighted by Crippen LogP contribution is -2.38. The number of benzene rings is 1. The van der Waals surface area contributed by atoms with Gasteiger partial charge in [0.2, 0.25) is 5.91 Å². The number of aryl methyl sites for hydroxylation is 2. The Hall–Kier alpha value is -2.10. The molecule has 1 aliphatic carbocycles. The molecule has 23 heavy (non-hydrogen) atoms. The number of H-pyrrole nitrogens is 1. The van der Waals surface area contributed by atoms with E-state index in [2.05, 4.69) is 45.8 Å². The Balaban J connectivity index is 1.58. The van der Waals surface area contributed by atoms with Gasteiger partial charge in [0.05, 0.1) is 12.1 Å². The molecule has 122 valence electrons. The first-order chi connectivity index (χ1) is 11.1. The van der Waals surface area contributed by atoms with E-state index in [0.717, 1.165) is 29.8 Å². The van der Waals surface area contributed by atoms with Crippen molar-refractivity contribution in [3.63, 3.8) is 0 Å². The molecule has 2 aromatic rings. The van der Waals surface area contributed by atoms with Crippen molar-refractivity contribution in [2.24, 2.45) is 0 Å². The third kappa shape index (κ3) is 3.81. The molecule has 0 saturated heterocycles. The zero-order chi connectivity index (χ0) is 16.2. The van der Waals surface area contributed by atoms with Crippen LogP contribution < -0.4 is 5.32 Å². The van der Waals surface area contributed by atoms with Crippen molar-refractivity contribution < 1.29 is 4.79 Å². The van der Waals surface area contributed by atoms with Crippen LogP contribution in [-0.2, 0) is 11.2 Å². The zero-order valence-corrected chi connectivity index (χ0v) is 13.9. The van der Waals surface area contributed by atoms with Gasteiger partial charge in [-0.05, 0) is 44.6 Å². The van der Waals surface area contributed by atoms with E-state index in [1.54, 1.807) is 0 Å². The number of aromatic amines is 1. The van der Waals surface area contributed by atoms with Crippen LogP contribution in [0.1, 0.15) is 54.1 Å². The van der Waals surface area contributed by atoms with Crippen molar-refractivity contribution in [1.29, 1.82) is 0 Å². The van der Waals surface area contributed by atoms with E-state index in [9.17, 15) is 4.79 Å². The summed E-state index contributed by atoms with van der Waals surface area (Å²) in [5.74, 6) is 0.670. The highest BCUT2D eigenvalue weighted by Crippen LogP contribution is 2.32. The van der Waals surface area contributed by atoms with Crippen LogP contribution in [0.5, 0.6) is 0 Å². The van der Waals surface area contributed by atoms with E-state index < -0.39 is 0 Å². The van der Waals surface area contributed by atoms with Gasteiger partial charge in [-0.25, -0.2) is 0 Å². The highest BCUT2D eigenvalue weighted by atomic mass is 16.1. The standard InChI is InChI=1S/C19H25N3O/c1-13-18(14(2)22-21-13)12-19(23)20-17-10-6-9-16(11-17)15-7-4-3-5-8-15/h3-5,7-8,16-17H,6,9-12H2,1-2H3,(H,20,23)(H,21,22)/t16-,17+/m1/s1. The first kappa shape index (κ1) is 15.8. The van der Waals surface area contributed by atoms with E-state index in [4.69, 9.17) is 0 Å². The maximum atomic E-state index is 12.4. The van der Waals surface area contributed by atoms with Crippen LogP contribution in [0.2, 0.25) is 0 Å². The van der Waals surface area contributed by atoms with Crippen LogP contribution in [0.3, 0.4) is 0 Å².